The molecule has 1 aromatic carbocycles. The van der Waals surface area contributed by atoms with Crippen LogP contribution in [0.2, 0.25) is 0 Å². The predicted octanol–water partition coefficient (Wildman–Crippen LogP) is 3.44. The molecule has 3 heteroatoms. The summed E-state index contributed by atoms with van der Waals surface area (Å²) < 4.78 is 1.18. The largest absolute Gasteiger partial charge is 0.314 e. The van der Waals surface area contributed by atoms with E-state index in [4.69, 9.17) is 0 Å². The lowest BCUT2D eigenvalue weighted by Crippen LogP contribution is -2.46. The molecule has 0 bridgehead atoms. The van der Waals surface area contributed by atoms with Gasteiger partial charge in [-0.2, -0.15) is 0 Å². The van der Waals surface area contributed by atoms with Crippen LogP contribution in [-0.4, -0.2) is 31.1 Å². The van der Waals surface area contributed by atoms with E-state index in [2.05, 4.69) is 64.3 Å². The Morgan fingerprint density at radius 2 is 2.06 bits per heavy atom. The summed E-state index contributed by atoms with van der Waals surface area (Å²) in [6.45, 7) is 9.19. The molecule has 1 unspecified atom stereocenters. The lowest BCUT2D eigenvalue weighted by molar-refractivity contribution is 0.128. The van der Waals surface area contributed by atoms with Crippen LogP contribution >= 0.6 is 15.9 Å². The van der Waals surface area contributed by atoms with Crippen molar-refractivity contribution in [2.75, 3.05) is 26.2 Å². The van der Waals surface area contributed by atoms with E-state index in [1.807, 2.05) is 0 Å². The van der Waals surface area contributed by atoms with Crippen LogP contribution in [0, 0.1) is 5.92 Å². The first-order chi connectivity index (χ1) is 8.72. The normalized spacial score (nSPS) is 20.6. The van der Waals surface area contributed by atoms with Crippen molar-refractivity contribution >= 4 is 15.9 Å². The SMILES string of the molecule is CCC(C)[C@H](c1cccc(Br)c1)N1CCNCC1. The molecule has 1 aromatic rings. The first-order valence-electron chi connectivity index (χ1n) is 6.92. The Hall–Kier alpha value is -0.380. The van der Waals surface area contributed by atoms with Gasteiger partial charge in [-0.3, -0.25) is 4.90 Å². The monoisotopic (exact) mass is 310 g/mol. The second kappa shape index (κ2) is 6.69. The Balaban J connectivity index is 2.23. The van der Waals surface area contributed by atoms with E-state index < -0.39 is 0 Å². The highest BCUT2D eigenvalue weighted by atomic mass is 79.9. The van der Waals surface area contributed by atoms with Crippen LogP contribution in [-0.2, 0) is 0 Å². The molecule has 0 spiro atoms. The Bertz CT molecular complexity index is 375. The minimum Gasteiger partial charge on any atom is -0.314 e. The molecule has 100 valence electrons. The molecule has 1 N–H and O–H groups in total. The Morgan fingerprint density at radius 1 is 1.33 bits per heavy atom. The van der Waals surface area contributed by atoms with Crippen LogP contribution in [0.1, 0.15) is 31.9 Å². The van der Waals surface area contributed by atoms with Gasteiger partial charge in [-0.1, -0.05) is 48.3 Å². The van der Waals surface area contributed by atoms with Gasteiger partial charge in [0.2, 0.25) is 0 Å². The highest BCUT2D eigenvalue weighted by Gasteiger charge is 2.26. The summed E-state index contributed by atoms with van der Waals surface area (Å²) in [5.41, 5.74) is 1.45. The van der Waals surface area contributed by atoms with Gasteiger partial charge in [0.15, 0.2) is 0 Å². The van der Waals surface area contributed by atoms with Gasteiger partial charge in [-0.25, -0.2) is 0 Å². The van der Waals surface area contributed by atoms with E-state index in [9.17, 15) is 0 Å². The minimum absolute atomic E-state index is 0.551. The maximum Gasteiger partial charge on any atom is 0.0375 e. The number of benzene rings is 1. The second-order valence-corrected chi connectivity index (χ2v) is 6.09. The zero-order valence-electron chi connectivity index (χ0n) is 11.3. The summed E-state index contributed by atoms with van der Waals surface area (Å²) in [5, 5.41) is 3.44. The van der Waals surface area contributed by atoms with E-state index in [1.165, 1.54) is 16.5 Å². The second-order valence-electron chi connectivity index (χ2n) is 5.17. The fourth-order valence-corrected chi connectivity index (χ4v) is 3.19. The van der Waals surface area contributed by atoms with Gasteiger partial charge in [-0.15, -0.1) is 0 Å². The van der Waals surface area contributed by atoms with Crippen LogP contribution in [0.25, 0.3) is 0 Å². The molecule has 1 fully saturated rings. The van der Waals surface area contributed by atoms with Crippen LogP contribution in [0.5, 0.6) is 0 Å². The van der Waals surface area contributed by atoms with Gasteiger partial charge in [0.1, 0.15) is 0 Å². The number of piperazine rings is 1. The third-order valence-corrected chi connectivity index (χ3v) is 4.41. The topological polar surface area (TPSA) is 15.3 Å². The van der Waals surface area contributed by atoms with Crippen LogP contribution < -0.4 is 5.32 Å². The molecule has 1 aliphatic rings. The third-order valence-electron chi connectivity index (χ3n) is 3.92. The van der Waals surface area contributed by atoms with Gasteiger partial charge in [0.05, 0.1) is 0 Å². The van der Waals surface area contributed by atoms with Crippen LogP contribution in [0.15, 0.2) is 28.7 Å². The fourth-order valence-electron chi connectivity index (χ4n) is 2.77. The average molecular weight is 311 g/mol. The van der Waals surface area contributed by atoms with E-state index in [0.29, 0.717) is 12.0 Å². The molecule has 2 atom stereocenters. The van der Waals surface area contributed by atoms with Gasteiger partial charge in [-0.05, 0) is 23.6 Å². The summed E-state index contributed by atoms with van der Waals surface area (Å²) in [6.07, 6.45) is 1.22. The maximum absolute atomic E-state index is 3.59. The standard InChI is InChI=1S/C15H23BrN2/c1-3-12(2)15(18-9-7-17-8-10-18)13-5-4-6-14(16)11-13/h4-6,11-12,15,17H,3,7-10H2,1-2H3/t12?,15-/m1/s1. The Morgan fingerprint density at radius 3 is 2.67 bits per heavy atom. The summed E-state index contributed by atoms with van der Waals surface area (Å²) in [4.78, 5) is 2.63. The van der Waals surface area contributed by atoms with Crippen molar-refractivity contribution in [2.24, 2.45) is 5.92 Å². The number of rotatable bonds is 4. The molecule has 0 saturated carbocycles. The first kappa shape index (κ1) is 14.0. The lowest BCUT2D eigenvalue weighted by Gasteiger charge is -2.38. The van der Waals surface area contributed by atoms with Gasteiger partial charge >= 0.3 is 0 Å². The molecular formula is C15H23BrN2. The third kappa shape index (κ3) is 3.34. The van der Waals surface area contributed by atoms with Crippen molar-refractivity contribution in [1.29, 1.82) is 0 Å². The first-order valence-corrected chi connectivity index (χ1v) is 7.72. The lowest BCUT2D eigenvalue weighted by atomic mass is 9.90. The zero-order valence-corrected chi connectivity index (χ0v) is 12.9. The molecule has 18 heavy (non-hydrogen) atoms. The molecule has 0 radical (unpaired) electrons. The molecule has 1 saturated heterocycles. The number of hydrogen-bond donors (Lipinski definition) is 1. The minimum atomic E-state index is 0.551. The molecule has 1 aliphatic heterocycles. The van der Waals surface area contributed by atoms with Crippen molar-refractivity contribution in [1.82, 2.24) is 10.2 Å². The van der Waals surface area contributed by atoms with E-state index in [0.717, 1.165) is 26.2 Å². The highest BCUT2D eigenvalue weighted by Crippen LogP contribution is 2.32. The van der Waals surface area contributed by atoms with E-state index in [1.54, 1.807) is 0 Å². The van der Waals surface area contributed by atoms with Crippen molar-refractivity contribution in [3.63, 3.8) is 0 Å². The average Bonchev–Trinajstić information content (AvgIpc) is 2.40. The zero-order chi connectivity index (χ0) is 13.0. The molecule has 2 nitrogen and oxygen atoms in total. The maximum atomic E-state index is 3.59. The van der Waals surface area contributed by atoms with E-state index >= 15 is 0 Å². The van der Waals surface area contributed by atoms with Gasteiger partial charge < -0.3 is 5.32 Å². The Kier molecular flexibility index (Phi) is 5.22. The summed E-state index contributed by atoms with van der Waals surface area (Å²) in [6, 6.07) is 9.35. The quantitative estimate of drug-likeness (QED) is 0.916. The highest BCUT2D eigenvalue weighted by molar-refractivity contribution is 9.10. The number of nitrogens with zero attached hydrogens (tertiary/aromatic N) is 1. The Labute approximate surface area is 119 Å². The number of nitrogens with one attached hydrogen (secondary N) is 1. The molecular weight excluding hydrogens is 288 g/mol. The molecule has 0 aliphatic carbocycles. The van der Waals surface area contributed by atoms with Gasteiger partial charge in [0, 0.05) is 36.7 Å². The van der Waals surface area contributed by atoms with Crippen molar-refractivity contribution < 1.29 is 0 Å². The predicted molar refractivity (Wildman–Crippen MR) is 80.8 cm³/mol. The fraction of sp³-hybridized carbons (Fsp3) is 0.600. The number of hydrogen-bond acceptors (Lipinski definition) is 2. The molecule has 0 amide bonds. The van der Waals surface area contributed by atoms with Crippen molar-refractivity contribution in [3.8, 4) is 0 Å². The van der Waals surface area contributed by atoms with Gasteiger partial charge in [0.25, 0.3) is 0 Å². The van der Waals surface area contributed by atoms with Crippen molar-refractivity contribution in [2.45, 2.75) is 26.3 Å². The molecule has 1 heterocycles. The molecule has 0 aromatic heterocycles. The van der Waals surface area contributed by atoms with Crippen molar-refractivity contribution in [3.05, 3.63) is 34.3 Å². The summed E-state index contributed by atoms with van der Waals surface area (Å²) in [7, 11) is 0. The summed E-state index contributed by atoms with van der Waals surface area (Å²) >= 11 is 3.59. The van der Waals surface area contributed by atoms with Crippen LogP contribution in [0.3, 0.4) is 0 Å². The van der Waals surface area contributed by atoms with E-state index in [-0.39, 0.29) is 0 Å². The number of halogens is 1. The van der Waals surface area contributed by atoms with Crippen LogP contribution in [0.4, 0.5) is 0 Å². The smallest absolute Gasteiger partial charge is 0.0375 e. The molecule has 2 rings (SSSR count). The summed E-state index contributed by atoms with van der Waals surface area (Å²) in [5.74, 6) is 0.692.